The van der Waals surface area contributed by atoms with Crippen molar-refractivity contribution in [2.75, 3.05) is 38.6 Å². The largest absolute Gasteiger partial charge is 0.497 e. The Morgan fingerprint density at radius 3 is 2.51 bits per heavy atom. The second kappa shape index (κ2) is 13.9. The lowest BCUT2D eigenvalue weighted by molar-refractivity contribution is 0.0896. The van der Waals surface area contributed by atoms with Crippen LogP contribution in [-0.4, -0.2) is 67.2 Å². The summed E-state index contributed by atoms with van der Waals surface area (Å²) in [6.07, 6.45) is 8.05. The van der Waals surface area contributed by atoms with Gasteiger partial charge in [-0.25, -0.2) is 5.43 Å². The van der Waals surface area contributed by atoms with Gasteiger partial charge in [0, 0.05) is 18.2 Å². The van der Waals surface area contributed by atoms with E-state index in [0.29, 0.717) is 16.1 Å². The third-order valence-corrected chi connectivity index (χ3v) is 9.00. The molecule has 2 saturated heterocycles. The Morgan fingerprint density at radius 2 is 1.78 bits per heavy atom. The molecule has 1 aromatic heterocycles. The molecule has 2 aromatic carbocycles. The molecule has 3 heterocycles. The number of carbonyl (C=O) groups excluding carboxylic acids is 2. The van der Waals surface area contributed by atoms with E-state index < -0.39 is 0 Å². The number of hydrazone groups is 1. The number of anilines is 1. The predicted molar refractivity (Wildman–Crippen MR) is 165 cm³/mol. The van der Waals surface area contributed by atoms with Crippen molar-refractivity contribution in [3.8, 4) is 5.75 Å². The third kappa shape index (κ3) is 7.61. The first-order valence-electron chi connectivity index (χ1n) is 14.4. The number of hydrogen-bond acceptors (Lipinski definition) is 7. The number of amides is 2. The van der Waals surface area contributed by atoms with Crippen LogP contribution in [0, 0.1) is 6.92 Å². The first-order valence-corrected chi connectivity index (χ1v) is 15.3. The summed E-state index contributed by atoms with van der Waals surface area (Å²) in [5.74, 6) is 0.151. The van der Waals surface area contributed by atoms with E-state index in [1.54, 1.807) is 13.3 Å². The number of carbonyl (C=O) groups is 2. The molecule has 0 aliphatic carbocycles. The van der Waals surface area contributed by atoms with Gasteiger partial charge in [-0.2, -0.15) is 5.10 Å². The zero-order valence-corrected chi connectivity index (χ0v) is 24.7. The van der Waals surface area contributed by atoms with Crippen LogP contribution in [0.25, 0.3) is 0 Å². The number of rotatable bonds is 9. The maximum absolute atomic E-state index is 13.2. The van der Waals surface area contributed by atoms with Crippen molar-refractivity contribution in [1.82, 2.24) is 15.2 Å². The summed E-state index contributed by atoms with van der Waals surface area (Å²) in [6, 6.07) is 15.9. The number of aryl methyl sites for hydroxylation is 1. The minimum absolute atomic E-state index is 0.228. The summed E-state index contributed by atoms with van der Waals surface area (Å²) in [4.78, 5) is 31.4. The van der Waals surface area contributed by atoms with Crippen LogP contribution in [0.15, 0.2) is 59.0 Å². The van der Waals surface area contributed by atoms with Gasteiger partial charge in [0.15, 0.2) is 0 Å². The molecule has 2 aliphatic rings. The number of methoxy groups -OCH3 is 1. The van der Waals surface area contributed by atoms with E-state index in [2.05, 4.69) is 31.7 Å². The SMILES string of the molecule is COc1ccc(/C=N/NC(=O)c2c(C)csc2NC(=O)c2cccc(CN3CCC(N4CCCCC4)CC3)c2)cc1. The molecule has 41 heavy (non-hydrogen) atoms. The molecule has 0 bridgehead atoms. The highest BCUT2D eigenvalue weighted by Gasteiger charge is 2.26. The second-order valence-corrected chi connectivity index (χ2v) is 11.7. The fourth-order valence-corrected chi connectivity index (χ4v) is 6.64. The number of likely N-dealkylation sites (tertiary alicyclic amines) is 2. The molecule has 2 fully saturated rings. The van der Waals surface area contributed by atoms with Gasteiger partial charge in [-0.15, -0.1) is 11.3 Å². The van der Waals surface area contributed by atoms with Crippen LogP contribution in [0.3, 0.4) is 0 Å². The van der Waals surface area contributed by atoms with E-state index >= 15 is 0 Å². The van der Waals surface area contributed by atoms with Crippen molar-refractivity contribution < 1.29 is 14.3 Å². The first-order chi connectivity index (χ1) is 20.0. The van der Waals surface area contributed by atoms with E-state index in [0.717, 1.165) is 48.1 Å². The zero-order chi connectivity index (χ0) is 28.6. The van der Waals surface area contributed by atoms with Gasteiger partial charge in [-0.05, 0) is 117 Å². The molecule has 2 N–H and O–H groups in total. The number of ether oxygens (including phenoxy) is 1. The monoisotopic (exact) mass is 573 g/mol. The van der Waals surface area contributed by atoms with Crippen LogP contribution in [0.2, 0.25) is 0 Å². The van der Waals surface area contributed by atoms with E-state index in [9.17, 15) is 9.59 Å². The van der Waals surface area contributed by atoms with E-state index in [1.165, 1.54) is 56.5 Å². The van der Waals surface area contributed by atoms with Crippen LogP contribution in [-0.2, 0) is 6.54 Å². The maximum Gasteiger partial charge on any atom is 0.274 e. The van der Waals surface area contributed by atoms with E-state index in [-0.39, 0.29) is 11.8 Å². The Morgan fingerprint density at radius 1 is 1.02 bits per heavy atom. The van der Waals surface area contributed by atoms with Crippen LogP contribution in [0.1, 0.15) is 69.5 Å². The summed E-state index contributed by atoms with van der Waals surface area (Å²) in [6.45, 7) is 7.38. The van der Waals surface area contributed by atoms with Crippen molar-refractivity contribution in [3.05, 3.63) is 81.7 Å². The van der Waals surface area contributed by atoms with Gasteiger partial charge < -0.3 is 15.0 Å². The summed E-state index contributed by atoms with van der Waals surface area (Å²) in [5, 5.41) is 9.42. The van der Waals surface area contributed by atoms with Crippen molar-refractivity contribution in [2.24, 2.45) is 5.10 Å². The fourth-order valence-electron chi connectivity index (χ4n) is 5.70. The molecule has 0 saturated carbocycles. The molecular weight excluding hydrogens is 534 g/mol. The average molecular weight is 574 g/mol. The van der Waals surface area contributed by atoms with Crippen molar-refractivity contribution in [2.45, 2.75) is 51.6 Å². The molecule has 2 amide bonds. The molecular formula is C32H39N5O3S. The number of nitrogens with zero attached hydrogens (tertiary/aromatic N) is 3. The van der Waals surface area contributed by atoms with Gasteiger partial charge in [0.25, 0.3) is 11.8 Å². The number of nitrogens with one attached hydrogen (secondary N) is 2. The molecule has 9 heteroatoms. The highest BCUT2D eigenvalue weighted by atomic mass is 32.1. The number of thiophene rings is 1. The topological polar surface area (TPSA) is 86.3 Å². The molecule has 0 atom stereocenters. The molecule has 0 radical (unpaired) electrons. The lowest BCUT2D eigenvalue weighted by atomic mass is 9.99. The molecule has 3 aromatic rings. The lowest BCUT2D eigenvalue weighted by Crippen LogP contribution is -2.46. The zero-order valence-electron chi connectivity index (χ0n) is 23.9. The minimum Gasteiger partial charge on any atom is -0.497 e. The minimum atomic E-state index is -0.370. The van der Waals surface area contributed by atoms with E-state index in [4.69, 9.17) is 4.74 Å². The fraction of sp³-hybridized carbons (Fsp3) is 0.406. The van der Waals surface area contributed by atoms with Crippen molar-refractivity contribution in [3.63, 3.8) is 0 Å². The lowest BCUT2D eigenvalue weighted by Gasteiger charge is -2.40. The van der Waals surface area contributed by atoms with Gasteiger partial charge in [0.05, 0.1) is 18.9 Å². The Bertz CT molecular complexity index is 1360. The van der Waals surface area contributed by atoms with Crippen LogP contribution in [0.4, 0.5) is 5.00 Å². The van der Waals surface area contributed by atoms with Crippen LogP contribution in [0.5, 0.6) is 5.75 Å². The number of benzene rings is 2. The normalized spacial score (nSPS) is 17.0. The standard InChI is InChI=1S/C32H39N5O3S/c1-23-22-41-32(29(23)31(39)35-33-20-24-9-11-28(40-2)12-10-24)34-30(38)26-8-6-7-25(19-26)21-36-17-13-27(14-18-36)37-15-4-3-5-16-37/h6-12,19-20,22,27H,3-5,13-18,21H2,1-2H3,(H,34,38)(H,35,39)/b33-20+. The highest BCUT2D eigenvalue weighted by Crippen LogP contribution is 2.28. The van der Waals surface area contributed by atoms with Crippen molar-refractivity contribution >= 4 is 34.4 Å². The van der Waals surface area contributed by atoms with Gasteiger partial charge in [0.1, 0.15) is 10.8 Å². The van der Waals surface area contributed by atoms with Crippen LogP contribution >= 0.6 is 11.3 Å². The maximum atomic E-state index is 13.2. The van der Waals surface area contributed by atoms with Gasteiger partial charge >= 0.3 is 0 Å². The van der Waals surface area contributed by atoms with Gasteiger partial charge in [-0.1, -0.05) is 18.6 Å². The Balaban J connectivity index is 1.16. The summed E-state index contributed by atoms with van der Waals surface area (Å²) in [7, 11) is 1.61. The number of piperidine rings is 2. The second-order valence-electron chi connectivity index (χ2n) is 10.9. The van der Waals surface area contributed by atoms with Crippen molar-refractivity contribution in [1.29, 1.82) is 0 Å². The molecule has 0 spiro atoms. The molecule has 2 aliphatic heterocycles. The average Bonchev–Trinajstić information content (AvgIpc) is 3.38. The Labute approximate surface area is 246 Å². The first kappa shape index (κ1) is 29.0. The Kier molecular flexibility index (Phi) is 9.82. The summed E-state index contributed by atoms with van der Waals surface area (Å²) < 4.78 is 5.16. The van der Waals surface area contributed by atoms with Gasteiger partial charge in [0.2, 0.25) is 0 Å². The smallest absolute Gasteiger partial charge is 0.274 e. The number of hydrogen-bond donors (Lipinski definition) is 2. The molecule has 8 nitrogen and oxygen atoms in total. The highest BCUT2D eigenvalue weighted by molar-refractivity contribution is 7.15. The summed E-state index contributed by atoms with van der Waals surface area (Å²) in [5.41, 5.74) is 6.32. The van der Waals surface area contributed by atoms with E-state index in [1.807, 2.05) is 54.8 Å². The molecule has 0 unspecified atom stereocenters. The third-order valence-electron chi connectivity index (χ3n) is 7.98. The molecule has 216 valence electrons. The van der Waals surface area contributed by atoms with Crippen LogP contribution < -0.4 is 15.5 Å². The summed E-state index contributed by atoms with van der Waals surface area (Å²) >= 11 is 1.34. The van der Waals surface area contributed by atoms with Gasteiger partial charge in [-0.3, -0.25) is 14.5 Å². The molecule has 5 rings (SSSR count). The quantitative estimate of drug-likeness (QED) is 0.260. The predicted octanol–water partition coefficient (Wildman–Crippen LogP) is 5.53. The Hall–Kier alpha value is -3.53.